The number of rotatable bonds is 5. The largest absolute Gasteiger partial charge is 0.416 e. The highest BCUT2D eigenvalue weighted by molar-refractivity contribution is 7.10. The molecule has 0 aliphatic carbocycles. The second-order valence-corrected chi connectivity index (χ2v) is 9.36. The quantitative estimate of drug-likeness (QED) is 0.517. The first-order valence-corrected chi connectivity index (χ1v) is 11.3. The zero-order valence-corrected chi connectivity index (χ0v) is 18.0. The first-order valence-electron chi connectivity index (χ1n) is 9.57. The third-order valence-electron chi connectivity index (χ3n) is 5.27. The summed E-state index contributed by atoms with van der Waals surface area (Å²) in [7, 11) is 1.69. The molecule has 1 aromatic carbocycles. The van der Waals surface area contributed by atoms with E-state index in [9.17, 15) is 18.0 Å². The normalized spacial score (nSPS) is 16.7. The molecule has 1 aliphatic rings. The summed E-state index contributed by atoms with van der Waals surface area (Å²) in [6.45, 7) is 0.734. The van der Waals surface area contributed by atoms with E-state index in [4.69, 9.17) is 0 Å². The Morgan fingerprint density at radius 1 is 1.13 bits per heavy atom. The van der Waals surface area contributed by atoms with Crippen molar-refractivity contribution in [1.29, 1.82) is 0 Å². The molecule has 2 aromatic heterocycles. The molecule has 8 heteroatoms. The summed E-state index contributed by atoms with van der Waals surface area (Å²) in [5.41, 5.74) is 0.683. The van der Waals surface area contributed by atoms with Crippen LogP contribution in [0.4, 0.5) is 13.2 Å². The highest BCUT2D eigenvalue weighted by atomic mass is 32.1. The molecule has 0 radical (unpaired) electrons. The van der Waals surface area contributed by atoms with Gasteiger partial charge in [-0.1, -0.05) is 24.3 Å². The summed E-state index contributed by atoms with van der Waals surface area (Å²) in [4.78, 5) is 19.1. The number of likely N-dealkylation sites (N-methyl/N-ethyl adjacent to an activating group) is 1. The van der Waals surface area contributed by atoms with Gasteiger partial charge in [-0.05, 0) is 53.6 Å². The number of benzene rings is 1. The molecule has 1 unspecified atom stereocenters. The minimum Gasteiger partial charge on any atom is -0.329 e. The number of alkyl halides is 3. The number of halogens is 3. The van der Waals surface area contributed by atoms with Crippen molar-refractivity contribution < 1.29 is 18.0 Å². The van der Waals surface area contributed by atoms with Crippen molar-refractivity contribution in [1.82, 2.24) is 9.80 Å². The number of amides is 1. The van der Waals surface area contributed by atoms with E-state index in [1.54, 1.807) is 40.7 Å². The average Bonchev–Trinajstić information content (AvgIpc) is 3.38. The molecule has 1 aliphatic heterocycles. The van der Waals surface area contributed by atoms with Crippen molar-refractivity contribution in [2.24, 2.45) is 0 Å². The first-order chi connectivity index (χ1) is 14.3. The first kappa shape index (κ1) is 21.1. The van der Waals surface area contributed by atoms with Gasteiger partial charge in [-0.3, -0.25) is 9.69 Å². The lowest BCUT2D eigenvalue weighted by Gasteiger charge is -2.36. The fourth-order valence-electron chi connectivity index (χ4n) is 3.94. The summed E-state index contributed by atoms with van der Waals surface area (Å²) < 4.78 is 39.8. The van der Waals surface area contributed by atoms with Crippen LogP contribution in [0, 0.1) is 0 Å². The molecule has 4 rings (SSSR count). The van der Waals surface area contributed by atoms with Crippen molar-refractivity contribution in [3.05, 3.63) is 79.7 Å². The smallest absolute Gasteiger partial charge is 0.329 e. The lowest BCUT2D eigenvalue weighted by molar-refractivity contribution is -0.138. The lowest BCUT2D eigenvalue weighted by atomic mass is 9.98. The van der Waals surface area contributed by atoms with Crippen LogP contribution in [0.3, 0.4) is 0 Å². The monoisotopic (exact) mass is 450 g/mol. The van der Waals surface area contributed by atoms with Gasteiger partial charge in [0, 0.05) is 22.8 Å². The van der Waals surface area contributed by atoms with Gasteiger partial charge in [0.2, 0.25) is 5.91 Å². The molecule has 0 fully saturated rings. The van der Waals surface area contributed by atoms with Crippen LogP contribution in [-0.2, 0) is 23.9 Å². The van der Waals surface area contributed by atoms with E-state index in [-0.39, 0.29) is 30.6 Å². The molecule has 0 saturated heterocycles. The van der Waals surface area contributed by atoms with Crippen LogP contribution in [0.5, 0.6) is 0 Å². The van der Waals surface area contributed by atoms with Gasteiger partial charge in [-0.2, -0.15) is 13.2 Å². The van der Waals surface area contributed by atoms with E-state index in [0.717, 1.165) is 22.9 Å². The Bertz CT molecular complexity index is 1010. The molecular weight excluding hydrogens is 429 g/mol. The van der Waals surface area contributed by atoms with Crippen LogP contribution in [0.1, 0.15) is 32.5 Å². The Hall–Kier alpha value is -2.16. The topological polar surface area (TPSA) is 23.6 Å². The van der Waals surface area contributed by atoms with Gasteiger partial charge in [-0.25, -0.2) is 0 Å². The van der Waals surface area contributed by atoms with Gasteiger partial charge < -0.3 is 4.90 Å². The fourth-order valence-corrected chi connectivity index (χ4v) is 5.70. The minimum atomic E-state index is -4.41. The van der Waals surface area contributed by atoms with Crippen LogP contribution < -0.4 is 0 Å². The second kappa shape index (κ2) is 8.53. The Morgan fingerprint density at radius 2 is 1.93 bits per heavy atom. The zero-order chi connectivity index (χ0) is 21.3. The Morgan fingerprint density at radius 3 is 2.67 bits per heavy atom. The van der Waals surface area contributed by atoms with Gasteiger partial charge in [0.15, 0.2) is 0 Å². The Labute approximate surface area is 181 Å². The number of carbonyl (C=O) groups excluding carboxylic acids is 1. The number of hydrogen-bond acceptors (Lipinski definition) is 4. The molecular formula is C22H21F3N2OS2. The van der Waals surface area contributed by atoms with Crippen LogP contribution >= 0.6 is 22.7 Å². The van der Waals surface area contributed by atoms with Crippen molar-refractivity contribution in [3.8, 4) is 0 Å². The zero-order valence-electron chi connectivity index (χ0n) is 16.4. The van der Waals surface area contributed by atoms with Crippen LogP contribution in [0.15, 0.2) is 53.2 Å². The van der Waals surface area contributed by atoms with Crippen molar-refractivity contribution in [2.75, 3.05) is 20.1 Å². The third kappa shape index (κ3) is 4.31. The van der Waals surface area contributed by atoms with Gasteiger partial charge >= 0.3 is 6.18 Å². The molecule has 0 saturated carbocycles. The predicted octanol–water partition coefficient (Wildman–Crippen LogP) is 5.43. The number of nitrogens with zero attached hydrogens (tertiary/aromatic N) is 2. The molecule has 0 bridgehead atoms. The van der Waals surface area contributed by atoms with E-state index in [1.165, 1.54) is 17.0 Å². The Kier molecular flexibility index (Phi) is 5.99. The molecule has 3 heterocycles. The molecule has 3 nitrogen and oxygen atoms in total. The highest BCUT2D eigenvalue weighted by Gasteiger charge is 2.35. The maximum atomic E-state index is 13.3. The maximum absolute atomic E-state index is 13.3. The third-order valence-corrected chi connectivity index (χ3v) is 7.19. The van der Waals surface area contributed by atoms with E-state index >= 15 is 0 Å². The van der Waals surface area contributed by atoms with Crippen molar-refractivity contribution in [3.63, 3.8) is 0 Å². The van der Waals surface area contributed by atoms with Crippen LogP contribution in [0.25, 0.3) is 0 Å². The lowest BCUT2D eigenvalue weighted by Crippen LogP contribution is -2.44. The summed E-state index contributed by atoms with van der Waals surface area (Å²) in [6.07, 6.45) is -3.60. The van der Waals surface area contributed by atoms with Gasteiger partial charge in [0.1, 0.15) is 0 Å². The van der Waals surface area contributed by atoms with Crippen molar-refractivity contribution >= 4 is 28.6 Å². The van der Waals surface area contributed by atoms with E-state index < -0.39 is 11.7 Å². The van der Waals surface area contributed by atoms with Gasteiger partial charge in [-0.15, -0.1) is 22.7 Å². The predicted molar refractivity (Wildman–Crippen MR) is 114 cm³/mol. The summed E-state index contributed by atoms with van der Waals surface area (Å²) in [6, 6.07) is 11.5. The number of carbonyl (C=O) groups is 1. The number of thiophene rings is 2. The van der Waals surface area contributed by atoms with Crippen LogP contribution in [-0.4, -0.2) is 35.8 Å². The minimum absolute atomic E-state index is 0.0582. The molecule has 0 N–H and O–H groups in total. The molecule has 1 amide bonds. The van der Waals surface area contributed by atoms with Gasteiger partial charge in [0.05, 0.1) is 18.2 Å². The van der Waals surface area contributed by atoms with E-state index in [1.807, 2.05) is 22.4 Å². The molecule has 1 atom stereocenters. The Balaban J connectivity index is 1.51. The average molecular weight is 451 g/mol. The molecule has 3 aromatic rings. The van der Waals surface area contributed by atoms with Crippen molar-refractivity contribution in [2.45, 2.75) is 25.2 Å². The standard InChI is InChI=1S/C22H21F3N2OS2/c1-26(13-15-5-2-3-6-17(15)22(23,24)25)14-20(28)27-10-8-18-16(9-12-30-18)21(27)19-7-4-11-29-19/h2-7,9,11-12,21H,8,10,13-14H2,1H3. The van der Waals surface area contributed by atoms with Gasteiger partial charge in [0.25, 0.3) is 0 Å². The summed E-state index contributed by atoms with van der Waals surface area (Å²) in [5, 5.41) is 4.05. The molecule has 158 valence electrons. The van der Waals surface area contributed by atoms with Crippen LogP contribution in [0.2, 0.25) is 0 Å². The van der Waals surface area contributed by atoms with E-state index in [0.29, 0.717) is 6.54 Å². The highest BCUT2D eigenvalue weighted by Crippen LogP contribution is 2.39. The number of fused-ring (bicyclic) bond motifs is 1. The summed E-state index contributed by atoms with van der Waals surface area (Å²) >= 11 is 3.33. The number of hydrogen-bond donors (Lipinski definition) is 0. The van der Waals surface area contributed by atoms with E-state index in [2.05, 4.69) is 11.4 Å². The maximum Gasteiger partial charge on any atom is 0.416 e. The summed E-state index contributed by atoms with van der Waals surface area (Å²) in [5.74, 6) is -0.0720. The molecule has 0 spiro atoms. The fraction of sp³-hybridized carbons (Fsp3) is 0.318. The molecule has 30 heavy (non-hydrogen) atoms. The second-order valence-electron chi connectivity index (χ2n) is 7.38. The SMILES string of the molecule is CN(CC(=O)N1CCc2sccc2C1c1cccs1)Cc1ccccc1C(F)(F)F.